The van der Waals surface area contributed by atoms with Gasteiger partial charge < -0.3 is 4.90 Å². The third-order valence-corrected chi connectivity index (χ3v) is 6.48. The summed E-state index contributed by atoms with van der Waals surface area (Å²) in [5.41, 5.74) is 1.72. The van der Waals surface area contributed by atoms with Crippen LogP contribution in [0.1, 0.15) is 42.2 Å². The molecule has 2 fully saturated rings. The Labute approximate surface area is 160 Å². The fourth-order valence-corrected chi connectivity index (χ4v) is 5.24. The first-order valence-corrected chi connectivity index (χ1v) is 10.0. The van der Waals surface area contributed by atoms with Crippen molar-refractivity contribution in [2.24, 2.45) is 0 Å². The van der Waals surface area contributed by atoms with E-state index in [1.165, 1.54) is 12.1 Å². The molecule has 1 aliphatic carbocycles. The first-order valence-electron chi connectivity index (χ1n) is 8.99. The summed E-state index contributed by atoms with van der Waals surface area (Å²) in [5.74, 6) is 0.586. The van der Waals surface area contributed by atoms with E-state index in [4.69, 9.17) is 0 Å². The van der Waals surface area contributed by atoms with Crippen LogP contribution in [0.25, 0.3) is 11.1 Å². The highest BCUT2D eigenvalue weighted by Crippen LogP contribution is 2.46. The zero-order chi connectivity index (χ0) is 19.0. The fraction of sp³-hybridized carbons (Fsp3) is 0.400. The second kappa shape index (κ2) is 7.19. The van der Waals surface area contributed by atoms with Crippen LogP contribution in [-0.4, -0.2) is 27.6 Å². The van der Waals surface area contributed by atoms with E-state index in [1.807, 2.05) is 11.0 Å². The van der Waals surface area contributed by atoms with Crippen LogP contribution in [-0.2, 0) is 11.0 Å². The fourth-order valence-electron chi connectivity index (χ4n) is 3.95. The molecule has 2 aliphatic rings. The largest absolute Gasteiger partial charge is 0.416 e. The van der Waals surface area contributed by atoms with Crippen molar-refractivity contribution < 1.29 is 18.0 Å². The molecule has 1 saturated heterocycles. The van der Waals surface area contributed by atoms with Gasteiger partial charge in [0.05, 0.1) is 11.3 Å². The zero-order valence-electron chi connectivity index (χ0n) is 14.6. The van der Waals surface area contributed by atoms with Gasteiger partial charge in [-0.3, -0.25) is 9.78 Å². The topological polar surface area (TPSA) is 33.2 Å². The van der Waals surface area contributed by atoms with E-state index >= 15 is 0 Å². The Morgan fingerprint density at radius 3 is 2.44 bits per heavy atom. The normalized spacial score (nSPS) is 21.2. The van der Waals surface area contributed by atoms with Crippen molar-refractivity contribution in [3.8, 4) is 11.1 Å². The van der Waals surface area contributed by atoms with Gasteiger partial charge in [0.2, 0.25) is 5.91 Å². The molecule has 7 heteroatoms. The predicted octanol–water partition coefficient (Wildman–Crippen LogP) is 5.28. The van der Waals surface area contributed by atoms with Crippen molar-refractivity contribution in [3.63, 3.8) is 0 Å². The number of carbonyl (C=O) groups is 1. The number of benzene rings is 1. The Balaban J connectivity index is 1.70. The molecular weight excluding hydrogens is 373 g/mol. The highest BCUT2D eigenvalue weighted by molar-refractivity contribution is 8.00. The summed E-state index contributed by atoms with van der Waals surface area (Å²) in [7, 11) is 0. The van der Waals surface area contributed by atoms with E-state index < -0.39 is 11.7 Å². The zero-order valence-corrected chi connectivity index (χ0v) is 15.4. The van der Waals surface area contributed by atoms with Crippen LogP contribution in [0.2, 0.25) is 0 Å². The van der Waals surface area contributed by atoms with E-state index in [1.54, 1.807) is 24.2 Å². The Bertz CT molecular complexity index is 832. The summed E-state index contributed by atoms with van der Waals surface area (Å²) in [6.45, 7) is 0. The van der Waals surface area contributed by atoms with Crippen LogP contribution in [0.15, 0.2) is 42.7 Å². The molecular formula is C20H19F3N2OS. The minimum absolute atomic E-state index is 0.110. The van der Waals surface area contributed by atoms with Crippen molar-refractivity contribution in [1.29, 1.82) is 0 Å². The number of amides is 1. The molecule has 3 nitrogen and oxygen atoms in total. The van der Waals surface area contributed by atoms with Crippen LogP contribution < -0.4 is 0 Å². The minimum Gasteiger partial charge on any atom is -0.323 e. The molecule has 2 aromatic rings. The maximum atomic E-state index is 12.9. The van der Waals surface area contributed by atoms with Gasteiger partial charge >= 0.3 is 6.18 Å². The lowest BCUT2D eigenvalue weighted by Crippen LogP contribution is -2.36. The van der Waals surface area contributed by atoms with E-state index in [-0.39, 0.29) is 17.3 Å². The molecule has 1 aromatic heterocycles. The minimum atomic E-state index is -4.36. The lowest BCUT2D eigenvalue weighted by Gasteiger charge is -2.31. The molecule has 0 spiro atoms. The van der Waals surface area contributed by atoms with Gasteiger partial charge in [0, 0.05) is 24.0 Å². The number of pyridine rings is 1. The molecule has 1 unspecified atom stereocenters. The Kier molecular flexibility index (Phi) is 4.88. The van der Waals surface area contributed by atoms with Gasteiger partial charge in [-0.25, -0.2) is 0 Å². The van der Waals surface area contributed by atoms with Crippen molar-refractivity contribution in [1.82, 2.24) is 9.88 Å². The molecule has 1 saturated carbocycles. The number of nitrogens with zero attached hydrogens (tertiary/aromatic N) is 2. The van der Waals surface area contributed by atoms with Crippen LogP contribution in [0.3, 0.4) is 0 Å². The number of aromatic nitrogens is 1. The highest BCUT2D eigenvalue weighted by Gasteiger charge is 2.39. The van der Waals surface area contributed by atoms with Gasteiger partial charge in [0.15, 0.2) is 0 Å². The quantitative estimate of drug-likeness (QED) is 0.712. The van der Waals surface area contributed by atoms with Gasteiger partial charge in [-0.1, -0.05) is 25.0 Å². The van der Waals surface area contributed by atoms with E-state index in [9.17, 15) is 18.0 Å². The molecule has 0 bridgehead atoms. The standard InChI is InChI=1S/C20H19F3N2OS/c21-20(22,23)14-7-5-13(6-8-14)17-11-24-10-9-16(17)19-25(18(26)12-27-19)15-3-1-2-4-15/h5-11,15,19H,1-4,12H2. The molecule has 142 valence electrons. The molecule has 1 aliphatic heterocycles. The summed E-state index contributed by atoms with van der Waals surface area (Å²) in [6.07, 6.45) is 3.30. The average molecular weight is 392 g/mol. The first kappa shape index (κ1) is 18.3. The van der Waals surface area contributed by atoms with Gasteiger partial charge in [-0.15, -0.1) is 11.8 Å². The maximum absolute atomic E-state index is 12.9. The number of alkyl halides is 3. The van der Waals surface area contributed by atoms with Crippen LogP contribution in [0.4, 0.5) is 13.2 Å². The second-order valence-corrected chi connectivity index (χ2v) is 8.01. The van der Waals surface area contributed by atoms with Crippen LogP contribution in [0.5, 0.6) is 0 Å². The molecule has 1 atom stereocenters. The Morgan fingerprint density at radius 2 is 1.78 bits per heavy atom. The summed E-state index contributed by atoms with van der Waals surface area (Å²) in [5, 5.41) is -0.110. The van der Waals surface area contributed by atoms with E-state index in [2.05, 4.69) is 4.98 Å². The molecule has 1 amide bonds. The molecule has 1 aromatic carbocycles. The summed E-state index contributed by atoms with van der Waals surface area (Å²) in [4.78, 5) is 18.7. The van der Waals surface area contributed by atoms with Crippen molar-refractivity contribution in [2.45, 2.75) is 43.3 Å². The summed E-state index contributed by atoms with van der Waals surface area (Å²) < 4.78 is 38.6. The van der Waals surface area contributed by atoms with Gasteiger partial charge in [-0.2, -0.15) is 13.2 Å². The van der Waals surface area contributed by atoms with Gasteiger partial charge in [0.25, 0.3) is 0 Å². The first-order chi connectivity index (χ1) is 12.9. The number of thioether (sulfide) groups is 1. The van der Waals surface area contributed by atoms with E-state index in [0.29, 0.717) is 11.3 Å². The molecule has 27 heavy (non-hydrogen) atoms. The number of carbonyl (C=O) groups excluding carboxylic acids is 1. The Morgan fingerprint density at radius 1 is 1.07 bits per heavy atom. The predicted molar refractivity (Wildman–Crippen MR) is 99.0 cm³/mol. The molecule has 2 heterocycles. The van der Waals surface area contributed by atoms with Crippen molar-refractivity contribution >= 4 is 17.7 Å². The Hall–Kier alpha value is -2.02. The monoisotopic (exact) mass is 392 g/mol. The average Bonchev–Trinajstić information content (AvgIpc) is 3.30. The highest BCUT2D eigenvalue weighted by atomic mass is 32.2. The number of rotatable bonds is 3. The lowest BCUT2D eigenvalue weighted by molar-refractivity contribution is -0.137. The third-order valence-electron chi connectivity index (χ3n) is 5.27. The maximum Gasteiger partial charge on any atom is 0.416 e. The smallest absolute Gasteiger partial charge is 0.323 e. The van der Waals surface area contributed by atoms with Crippen molar-refractivity contribution in [3.05, 3.63) is 53.9 Å². The van der Waals surface area contributed by atoms with Crippen molar-refractivity contribution in [2.75, 3.05) is 5.75 Å². The molecule has 4 rings (SSSR count). The van der Waals surface area contributed by atoms with E-state index in [0.717, 1.165) is 48.9 Å². The van der Waals surface area contributed by atoms with Crippen LogP contribution >= 0.6 is 11.8 Å². The summed E-state index contributed by atoms with van der Waals surface area (Å²) >= 11 is 1.58. The lowest BCUT2D eigenvalue weighted by atomic mass is 9.99. The number of hydrogen-bond donors (Lipinski definition) is 0. The number of halogens is 3. The van der Waals surface area contributed by atoms with Gasteiger partial charge in [-0.05, 0) is 42.2 Å². The summed E-state index contributed by atoms with van der Waals surface area (Å²) in [6, 6.07) is 7.27. The molecule has 0 N–H and O–H groups in total. The third kappa shape index (κ3) is 3.57. The van der Waals surface area contributed by atoms with Gasteiger partial charge in [0.1, 0.15) is 5.37 Å². The van der Waals surface area contributed by atoms with Crippen LogP contribution in [0, 0.1) is 0 Å². The molecule has 0 radical (unpaired) electrons. The second-order valence-electron chi connectivity index (χ2n) is 6.94. The number of hydrogen-bond acceptors (Lipinski definition) is 3. The SMILES string of the molecule is O=C1CSC(c2ccncc2-c2ccc(C(F)(F)F)cc2)N1C1CCCC1.